The highest BCUT2D eigenvalue weighted by atomic mass is 16.5. The molecule has 0 spiro atoms. The molecule has 0 aromatic heterocycles. The summed E-state index contributed by atoms with van der Waals surface area (Å²) in [5.41, 5.74) is -4.17. The third-order valence-corrected chi connectivity index (χ3v) is 3.07. The Morgan fingerprint density at radius 3 is 3.12 bits per heavy atom. The minimum atomic E-state index is -4.06. The van der Waals surface area contributed by atoms with Crippen LogP contribution in [-0.4, -0.2) is 36.4 Å². The van der Waals surface area contributed by atoms with E-state index in [4.69, 9.17) is 29.4 Å². The van der Waals surface area contributed by atoms with Crippen LogP contribution in [0.15, 0.2) is 48.4 Å². The molecule has 0 saturated heterocycles. The Hall–Kier alpha value is -2.59. The Morgan fingerprint density at radius 2 is 2.32 bits per heavy atom. The van der Waals surface area contributed by atoms with Gasteiger partial charge in [-0.15, -0.1) is 0 Å². The molecular weight excluding hydrogens is 314 g/mol. The molecule has 4 nitrogen and oxygen atoms in total. The van der Waals surface area contributed by atoms with E-state index in [1.807, 2.05) is 0 Å². The summed E-state index contributed by atoms with van der Waals surface area (Å²) in [4.78, 5) is 11.0. The zero-order valence-electron chi connectivity index (χ0n) is 30.5. The zero-order chi connectivity index (χ0) is 33.5. The molecule has 0 bridgehead atoms. The van der Waals surface area contributed by atoms with Crippen molar-refractivity contribution in [1.29, 1.82) is 0 Å². The summed E-state index contributed by atoms with van der Waals surface area (Å²) in [5, 5.41) is 9.49. The molecule has 1 aliphatic rings. The second-order valence-electron chi connectivity index (χ2n) is 4.71. The van der Waals surface area contributed by atoms with Crippen LogP contribution in [0.2, 0.25) is 0 Å². The Bertz CT molecular complexity index is 1490. The van der Waals surface area contributed by atoms with E-state index >= 15 is 0 Å². The van der Waals surface area contributed by atoms with Crippen molar-refractivity contribution in [2.75, 3.05) is 20.4 Å². The van der Waals surface area contributed by atoms with E-state index in [9.17, 15) is 9.90 Å². The molecule has 0 unspecified atom stereocenters. The van der Waals surface area contributed by atoms with Gasteiger partial charge in [0.1, 0.15) is 12.3 Å². The van der Waals surface area contributed by atoms with Gasteiger partial charge in [0.25, 0.3) is 0 Å². The van der Waals surface area contributed by atoms with Crippen LogP contribution in [0.1, 0.15) is 53.3 Å². The summed E-state index contributed by atoms with van der Waals surface area (Å²) in [7, 11) is 0. The normalized spacial score (nSPS) is 30.3. The smallest absolute Gasteiger partial charge is 0.307 e. The summed E-state index contributed by atoms with van der Waals surface area (Å²) < 4.78 is 152. The summed E-state index contributed by atoms with van der Waals surface area (Å²) in [6.45, 7) is -14.6. The molecule has 2 aromatic carbocycles. The molecule has 4 heteroatoms. The predicted molar refractivity (Wildman–Crippen MR) is 98.8 cm³/mol. The standard InChI is InChI=1S/C21H23NO3/c1-22(2)11-5-8-18-17-7-4-3-6-16(17)14-25-20-10-9-15(12-19(18)20)13-21(23)24/h3-4,6-10,12H,5,11,13-14H2,1-2H3,(H,23,24)/b18-8-/i1D3,2D3,5D2,8D,9D,10D,11D2,12D,13D2,14D2. The van der Waals surface area contributed by atoms with Crippen molar-refractivity contribution in [1.82, 2.24) is 4.90 Å². The van der Waals surface area contributed by atoms with Gasteiger partial charge in [0.05, 0.1) is 14.6 Å². The highest BCUT2D eigenvalue weighted by molar-refractivity contribution is 5.85. The minimum Gasteiger partial charge on any atom is -0.488 e. The maximum Gasteiger partial charge on any atom is 0.307 e. The molecule has 0 radical (unpaired) electrons. The molecule has 0 amide bonds. The number of hydrogen-bond donors (Lipinski definition) is 1. The molecule has 1 N–H and O–H groups in total. The maximum atomic E-state index is 11.8. The molecule has 0 atom stereocenters. The van der Waals surface area contributed by atoms with E-state index in [0.29, 0.717) is 0 Å². The van der Waals surface area contributed by atoms with Crippen molar-refractivity contribution < 1.29 is 39.3 Å². The van der Waals surface area contributed by atoms with Crippen LogP contribution in [0, 0.1) is 0 Å². The van der Waals surface area contributed by atoms with E-state index in [1.165, 1.54) is 12.1 Å². The Morgan fingerprint density at radius 1 is 1.48 bits per heavy atom. The van der Waals surface area contributed by atoms with E-state index in [0.717, 1.165) is 12.1 Å². The van der Waals surface area contributed by atoms with Crippen molar-refractivity contribution >= 4 is 11.5 Å². The van der Waals surface area contributed by atoms with Gasteiger partial charge in [-0.25, -0.2) is 0 Å². The first-order valence-corrected chi connectivity index (χ1v) is 6.83. The van der Waals surface area contributed by atoms with Crippen LogP contribution in [0.3, 0.4) is 0 Å². The lowest BCUT2D eigenvalue weighted by atomic mass is 9.92. The average molecular weight is 356 g/mol. The Labute approximate surface area is 173 Å². The molecule has 1 heterocycles. The van der Waals surface area contributed by atoms with Crippen LogP contribution in [0.4, 0.5) is 0 Å². The molecule has 3 rings (SSSR count). The first-order valence-electron chi connectivity index (χ1n) is 15.8. The second kappa shape index (κ2) is 7.53. The monoisotopic (exact) mass is 355 g/mol. The van der Waals surface area contributed by atoms with Crippen molar-refractivity contribution in [2.24, 2.45) is 0 Å². The molecule has 0 aliphatic carbocycles. The fourth-order valence-corrected chi connectivity index (χ4v) is 2.12. The molecule has 130 valence electrons. The molecule has 2 aromatic rings. The SMILES string of the molecule is [2H]/C(=C1\c2ccccc2C([2H])([2H])Oc2c([2H])c([2H])c(C([2H])([2H])C(=O)O)c([2H])c21)C([2H])([2H])C([2H])([2H])N(C([2H])([2H])[2H])C([2H])([2H])[2H]. The minimum absolute atomic E-state index is 0.487. The third-order valence-electron chi connectivity index (χ3n) is 3.07. The van der Waals surface area contributed by atoms with Gasteiger partial charge in [-0.1, -0.05) is 36.4 Å². The van der Waals surface area contributed by atoms with Crippen LogP contribution in [0.25, 0.3) is 5.57 Å². The fraction of sp³-hybridized carbons (Fsp3) is 0.286. The van der Waals surface area contributed by atoms with Gasteiger partial charge >= 0.3 is 5.97 Å². The van der Waals surface area contributed by atoms with Crippen molar-refractivity contribution in [3.05, 3.63) is 70.7 Å². The topological polar surface area (TPSA) is 49.8 Å². The van der Waals surface area contributed by atoms with E-state index in [-0.39, 0.29) is 0 Å². The number of fused-ring (bicyclic) bond motifs is 2. The number of benzene rings is 2. The number of hydrogen-bond acceptors (Lipinski definition) is 3. The lowest BCUT2D eigenvalue weighted by Crippen LogP contribution is -2.12. The second-order valence-corrected chi connectivity index (χ2v) is 4.71. The van der Waals surface area contributed by atoms with E-state index in [1.54, 1.807) is 0 Å². The number of carboxylic acids is 1. The molecule has 1 aliphatic heterocycles. The van der Waals surface area contributed by atoms with Gasteiger partial charge in [-0.2, -0.15) is 0 Å². The van der Waals surface area contributed by atoms with Gasteiger partial charge < -0.3 is 14.7 Å². The first-order chi connectivity index (χ1) is 19.1. The van der Waals surface area contributed by atoms with Crippen LogP contribution in [-0.2, 0) is 17.7 Å². The number of ether oxygens (including phenoxy) is 1. The molecular formula is C21H23NO3. The first kappa shape index (κ1) is 5.71. The molecule has 0 saturated carbocycles. The number of carbonyl (C=O) groups is 1. The van der Waals surface area contributed by atoms with Crippen molar-refractivity contribution in [3.63, 3.8) is 0 Å². The van der Waals surface area contributed by atoms with Gasteiger partial charge in [0, 0.05) is 28.5 Å². The van der Waals surface area contributed by atoms with Crippen molar-refractivity contribution in [3.8, 4) is 5.75 Å². The van der Waals surface area contributed by atoms with Gasteiger partial charge in [-0.3, -0.25) is 4.79 Å². The lowest BCUT2D eigenvalue weighted by molar-refractivity contribution is -0.136. The zero-order valence-corrected chi connectivity index (χ0v) is 12.5. The molecule has 25 heavy (non-hydrogen) atoms. The number of carboxylic acid groups (broad SMARTS) is 1. The third kappa shape index (κ3) is 4.09. The highest BCUT2D eigenvalue weighted by Gasteiger charge is 2.19. The van der Waals surface area contributed by atoms with E-state index < -0.39 is 108 Å². The fourth-order valence-electron chi connectivity index (χ4n) is 2.12. The summed E-state index contributed by atoms with van der Waals surface area (Å²) in [6.07, 6.45) is -7.48. The summed E-state index contributed by atoms with van der Waals surface area (Å²) in [5.74, 6) is -3.23. The van der Waals surface area contributed by atoms with Crippen LogP contribution in [0.5, 0.6) is 5.75 Å². The van der Waals surface area contributed by atoms with Gasteiger partial charge in [0.15, 0.2) is 0 Å². The number of nitrogens with zero attached hydrogens (tertiary/aromatic N) is 1. The van der Waals surface area contributed by atoms with Crippen LogP contribution < -0.4 is 4.74 Å². The Balaban J connectivity index is 2.66. The van der Waals surface area contributed by atoms with Crippen LogP contribution >= 0.6 is 0 Å². The van der Waals surface area contributed by atoms with Crippen molar-refractivity contribution in [2.45, 2.75) is 19.3 Å². The predicted octanol–water partition coefficient (Wildman–Crippen LogP) is 3.59. The molecule has 0 fully saturated rings. The highest BCUT2D eigenvalue weighted by Crippen LogP contribution is 2.37. The number of rotatable bonds is 5. The summed E-state index contributed by atoms with van der Waals surface area (Å²) in [6, 6.07) is -0.534. The quantitative estimate of drug-likeness (QED) is 0.890. The largest absolute Gasteiger partial charge is 0.488 e. The number of aliphatic carboxylic acids is 1. The van der Waals surface area contributed by atoms with Gasteiger partial charge in [-0.05, 0) is 54.7 Å². The maximum absolute atomic E-state index is 11.8. The average Bonchev–Trinajstić information content (AvgIpc) is 2.92. The Kier molecular flexibility index (Phi) is 1.72. The van der Waals surface area contributed by atoms with E-state index in [2.05, 4.69) is 0 Å². The summed E-state index contributed by atoms with van der Waals surface area (Å²) >= 11 is 0. The lowest BCUT2D eigenvalue weighted by Gasteiger charge is -2.13. The van der Waals surface area contributed by atoms with Gasteiger partial charge in [0.2, 0.25) is 0 Å².